The van der Waals surface area contributed by atoms with Gasteiger partial charge >= 0.3 is 5.69 Å². The molecule has 1 amide bonds. The number of aryl methyl sites for hydroxylation is 1. The summed E-state index contributed by atoms with van der Waals surface area (Å²) in [4.78, 5) is 37.5. The molecule has 0 unspecified atom stereocenters. The van der Waals surface area contributed by atoms with Crippen molar-refractivity contribution in [1.82, 2.24) is 19.9 Å². The first-order valence-corrected chi connectivity index (χ1v) is 11.4. The van der Waals surface area contributed by atoms with Gasteiger partial charge in [-0.2, -0.15) is 4.98 Å². The molecule has 3 aromatic heterocycles. The minimum Gasteiger partial charge on any atom is -0.463 e. The maximum absolute atomic E-state index is 12.9. The molecule has 9 heteroatoms. The van der Waals surface area contributed by atoms with Gasteiger partial charge in [0.05, 0.1) is 6.26 Å². The van der Waals surface area contributed by atoms with Gasteiger partial charge in [-0.3, -0.25) is 9.36 Å². The van der Waals surface area contributed by atoms with E-state index < -0.39 is 5.69 Å². The Morgan fingerprint density at radius 3 is 2.66 bits per heavy atom. The summed E-state index contributed by atoms with van der Waals surface area (Å²) in [5, 5.41) is 3.73. The summed E-state index contributed by atoms with van der Waals surface area (Å²) >= 11 is 1.42. The first-order chi connectivity index (χ1) is 15.6. The van der Waals surface area contributed by atoms with Gasteiger partial charge in [-0.25, -0.2) is 9.78 Å². The van der Waals surface area contributed by atoms with Gasteiger partial charge in [0.25, 0.3) is 0 Å². The van der Waals surface area contributed by atoms with Crippen LogP contribution in [0, 0.1) is 6.92 Å². The average molecular weight is 450 g/mol. The van der Waals surface area contributed by atoms with Crippen molar-refractivity contribution in [3.63, 3.8) is 0 Å². The molecule has 4 heterocycles. The molecule has 0 bridgehead atoms. The number of rotatable bonds is 6. The smallest absolute Gasteiger partial charge is 0.349 e. The SMILES string of the molecule is Cc1ccc(CNC(=O)Cn2c(=O)nc(-c3ccco3)c3nc(N4CCCC4)sc32)cc1. The lowest BCUT2D eigenvalue weighted by molar-refractivity contribution is -0.121. The van der Waals surface area contributed by atoms with Crippen molar-refractivity contribution in [3.8, 4) is 11.5 Å². The molecule has 0 radical (unpaired) electrons. The Bertz CT molecular complexity index is 1300. The summed E-state index contributed by atoms with van der Waals surface area (Å²) in [5.41, 5.74) is 2.66. The van der Waals surface area contributed by atoms with Crippen molar-refractivity contribution in [2.45, 2.75) is 32.9 Å². The van der Waals surface area contributed by atoms with Crippen LogP contribution in [0.15, 0.2) is 51.9 Å². The quantitative estimate of drug-likeness (QED) is 0.485. The molecular weight excluding hydrogens is 426 g/mol. The number of thiazole rings is 1. The maximum atomic E-state index is 12.9. The zero-order valence-electron chi connectivity index (χ0n) is 17.7. The summed E-state index contributed by atoms with van der Waals surface area (Å²) in [6, 6.07) is 11.5. The fourth-order valence-corrected chi connectivity index (χ4v) is 4.92. The lowest BCUT2D eigenvalue weighted by atomic mass is 10.1. The summed E-state index contributed by atoms with van der Waals surface area (Å²) in [5.74, 6) is 0.235. The summed E-state index contributed by atoms with van der Waals surface area (Å²) in [6.45, 7) is 4.17. The van der Waals surface area contributed by atoms with E-state index >= 15 is 0 Å². The molecule has 1 aliphatic heterocycles. The van der Waals surface area contributed by atoms with Crippen LogP contribution in [0.25, 0.3) is 21.8 Å². The first kappa shape index (κ1) is 20.4. The van der Waals surface area contributed by atoms with E-state index in [9.17, 15) is 9.59 Å². The van der Waals surface area contributed by atoms with E-state index in [1.165, 1.54) is 15.9 Å². The number of amides is 1. The van der Waals surface area contributed by atoms with E-state index in [4.69, 9.17) is 9.40 Å². The predicted octanol–water partition coefficient (Wildman–Crippen LogP) is 3.34. The number of anilines is 1. The van der Waals surface area contributed by atoms with E-state index in [-0.39, 0.29) is 12.5 Å². The monoisotopic (exact) mass is 449 g/mol. The van der Waals surface area contributed by atoms with Gasteiger partial charge in [0.2, 0.25) is 5.91 Å². The highest BCUT2D eigenvalue weighted by Crippen LogP contribution is 2.34. The molecular formula is C23H23N5O3S. The van der Waals surface area contributed by atoms with Gasteiger partial charge in [-0.15, -0.1) is 0 Å². The van der Waals surface area contributed by atoms with Gasteiger partial charge in [0.15, 0.2) is 10.9 Å². The molecule has 32 heavy (non-hydrogen) atoms. The highest BCUT2D eigenvalue weighted by Gasteiger charge is 2.23. The van der Waals surface area contributed by atoms with Gasteiger partial charge in [0, 0.05) is 19.6 Å². The Morgan fingerprint density at radius 2 is 1.94 bits per heavy atom. The molecule has 0 atom stereocenters. The largest absolute Gasteiger partial charge is 0.463 e. The maximum Gasteiger partial charge on any atom is 0.349 e. The fraction of sp³-hybridized carbons (Fsp3) is 0.304. The van der Waals surface area contributed by atoms with Crippen LogP contribution in [0.3, 0.4) is 0 Å². The first-order valence-electron chi connectivity index (χ1n) is 10.6. The van der Waals surface area contributed by atoms with Crippen LogP contribution in [-0.4, -0.2) is 33.5 Å². The number of aromatic nitrogens is 3. The van der Waals surface area contributed by atoms with Crippen LogP contribution in [-0.2, 0) is 17.9 Å². The molecule has 0 aliphatic carbocycles. The Labute approximate surface area is 188 Å². The van der Waals surface area contributed by atoms with Crippen molar-refractivity contribution in [3.05, 3.63) is 64.3 Å². The van der Waals surface area contributed by atoms with E-state index in [1.54, 1.807) is 18.4 Å². The molecule has 1 aromatic carbocycles. The van der Waals surface area contributed by atoms with Gasteiger partial charge in [0.1, 0.15) is 22.6 Å². The number of hydrogen-bond donors (Lipinski definition) is 1. The standard InChI is InChI=1S/C23H23N5O3S/c1-15-6-8-16(9-7-15)13-24-18(29)14-28-21-20(26-23(32-21)27-10-2-3-11-27)19(25-22(28)30)17-5-4-12-31-17/h4-9,12H,2-3,10-11,13-14H2,1H3,(H,24,29). The van der Waals surface area contributed by atoms with Crippen LogP contribution in [0.2, 0.25) is 0 Å². The van der Waals surface area contributed by atoms with E-state index in [2.05, 4.69) is 15.2 Å². The summed E-state index contributed by atoms with van der Waals surface area (Å²) in [7, 11) is 0. The molecule has 164 valence electrons. The van der Waals surface area contributed by atoms with Crippen molar-refractivity contribution in [2.24, 2.45) is 0 Å². The summed E-state index contributed by atoms with van der Waals surface area (Å²) in [6.07, 6.45) is 3.78. The lowest BCUT2D eigenvalue weighted by Crippen LogP contribution is -2.33. The highest BCUT2D eigenvalue weighted by molar-refractivity contribution is 7.22. The van der Waals surface area contributed by atoms with Crippen LogP contribution in [0.4, 0.5) is 5.13 Å². The average Bonchev–Trinajstić information content (AvgIpc) is 3.56. The van der Waals surface area contributed by atoms with Crippen molar-refractivity contribution >= 4 is 32.7 Å². The number of carbonyl (C=O) groups excluding carboxylic acids is 1. The predicted molar refractivity (Wildman–Crippen MR) is 124 cm³/mol. The molecule has 1 saturated heterocycles. The fourth-order valence-electron chi connectivity index (χ4n) is 3.81. The van der Waals surface area contributed by atoms with Crippen molar-refractivity contribution in [2.75, 3.05) is 18.0 Å². The number of nitrogens with one attached hydrogen (secondary N) is 1. The van der Waals surface area contributed by atoms with Gasteiger partial charge in [-0.05, 0) is 37.5 Å². The van der Waals surface area contributed by atoms with Crippen LogP contribution in [0.1, 0.15) is 24.0 Å². The second-order valence-corrected chi connectivity index (χ2v) is 8.87. The normalized spacial score (nSPS) is 13.7. The topological polar surface area (TPSA) is 93.3 Å². The Kier molecular flexibility index (Phi) is 5.48. The van der Waals surface area contributed by atoms with E-state index in [0.717, 1.165) is 42.2 Å². The Balaban J connectivity index is 1.47. The molecule has 1 N–H and O–H groups in total. The van der Waals surface area contributed by atoms with Crippen molar-refractivity contribution < 1.29 is 9.21 Å². The Morgan fingerprint density at radius 1 is 1.16 bits per heavy atom. The number of fused-ring (bicyclic) bond motifs is 1. The second-order valence-electron chi connectivity index (χ2n) is 7.91. The third kappa shape index (κ3) is 4.03. The molecule has 1 aliphatic rings. The number of hydrogen-bond acceptors (Lipinski definition) is 7. The zero-order chi connectivity index (χ0) is 22.1. The second kappa shape index (κ2) is 8.58. The van der Waals surface area contributed by atoms with E-state index in [1.807, 2.05) is 31.2 Å². The summed E-state index contributed by atoms with van der Waals surface area (Å²) < 4.78 is 6.90. The molecule has 0 saturated carbocycles. The molecule has 8 nitrogen and oxygen atoms in total. The highest BCUT2D eigenvalue weighted by atomic mass is 32.1. The molecule has 1 fully saturated rings. The minimum atomic E-state index is -0.494. The third-order valence-corrected chi connectivity index (χ3v) is 6.69. The van der Waals surface area contributed by atoms with Crippen molar-refractivity contribution in [1.29, 1.82) is 0 Å². The molecule has 0 spiro atoms. The number of carbonyl (C=O) groups is 1. The lowest BCUT2D eigenvalue weighted by Gasteiger charge is -2.11. The number of nitrogens with zero attached hydrogens (tertiary/aromatic N) is 4. The van der Waals surface area contributed by atoms with Gasteiger partial charge in [-0.1, -0.05) is 41.2 Å². The third-order valence-electron chi connectivity index (χ3n) is 5.55. The number of benzene rings is 1. The van der Waals surface area contributed by atoms with Crippen LogP contribution < -0.4 is 15.9 Å². The molecule has 4 aromatic rings. The number of furan rings is 1. The van der Waals surface area contributed by atoms with Crippen LogP contribution >= 0.6 is 11.3 Å². The van der Waals surface area contributed by atoms with E-state index in [0.29, 0.717) is 28.3 Å². The zero-order valence-corrected chi connectivity index (χ0v) is 18.5. The molecule has 5 rings (SSSR count). The van der Waals surface area contributed by atoms with Gasteiger partial charge < -0.3 is 14.6 Å². The minimum absolute atomic E-state index is 0.117. The van der Waals surface area contributed by atoms with Crippen LogP contribution in [0.5, 0.6) is 0 Å². The Hall–Kier alpha value is -3.46.